The van der Waals surface area contributed by atoms with Gasteiger partial charge in [0.25, 0.3) is 0 Å². The van der Waals surface area contributed by atoms with E-state index >= 15 is 0 Å². The molecule has 0 bridgehead atoms. The summed E-state index contributed by atoms with van der Waals surface area (Å²) in [4.78, 5) is 13.7. The Kier molecular flexibility index (Phi) is 4.19. The molecule has 2 aliphatic rings. The van der Waals surface area contributed by atoms with Gasteiger partial charge in [0.1, 0.15) is 52.0 Å². The molecule has 2 atom stereocenters. The van der Waals surface area contributed by atoms with Crippen LogP contribution in [0.1, 0.15) is 38.0 Å². The van der Waals surface area contributed by atoms with Crippen LogP contribution in [-0.2, 0) is 4.74 Å². The number of epoxide rings is 1. The van der Waals surface area contributed by atoms with E-state index in [9.17, 15) is 20.1 Å². The molecule has 5 rings (SSSR count). The van der Waals surface area contributed by atoms with Gasteiger partial charge in [-0.15, -0.1) is 0 Å². The first kappa shape index (κ1) is 20.2. The summed E-state index contributed by atoms with van der Waals surface area (Å²) >= 11 is 0. The second-order valence-corrected chi connectivity index (χ2v) is 8.75. The second-order valence-electron chi connectivity index (χ2n) is 8.75. The van der Waals surface area contributed by atoms with Crippen LogP contribution in [0.5, 0.6) is 23.0 Å². The van der Waals surface area contributed by atoms with Crippen molar-refractivity contribution in [3.63, 3.8) is 0 Å². The van der Waals surface area contributed by atoms with E-state index in [0.29, 0.717) is 11.3 Å². The van der Waals surface area contributed by atoms with Crippen molar-refractivity contribution < 1.29 is 29.2 Å². The molecule has 3 aromatic rings. The van der Waals surface area contributed by atoms with Gasteiger partial charge in [0.15, 0.2) is 5.58 Å². The Morgan fingerprint density at radius 3 is 2.53 bits per heavy atom. The van der Waals surface area contributed by atoms with Crippen LogP contribution >= 0.6 is 0 Å². The number of hydrogen-bond donors (Lipinski definition) is 3. The van der Waals surface area contributed by atoms with E-state index in [2.05, 4.69) is 6.58 Å². The molecule has 7 heteroatoms. The topological polar surface area (TPSA) is 113 Å². The molecule has 1 saturated heterocycles. The number of fused-ring (bicyclic) bond motifs is 3. The van der Waals surface area contributed by atoms with Crippen LogP contribution in [0, 0.1) is 0 Å². The van der Waals surface area contributed by atoms with Gasteiger partial charge in [-0.05, 0) is 50.6 Å². The minimum Gasteiger partial charge on any atom is -0.508 e. The average Bonchev–Trinajstić information content (AvgIpc) is 3.47. The minimum atomic E-state index is -0.627. The Hall–Kier alpha value is -3.71. The smallest absolute Gasteiger partial charge is 0.203 e. The lowest BCUT2D eigenvalue weighted by Gasteiger charge is -2.28. The fourth-order valence-corrected chi connectivity index (χ4v) is 4.08. The Morgan fingerprint density at radius 2 is 1.88 bits per heavy atom. The molecule has 2 aromatic carbocycles. The van der Waals surface area contributed by atoms with Crippen molar-refractivity contribution in [3.05, 3.63) is 63.8 Å². The highest BCUT2D eigenvalue weighted by Gasteiger charge is 2.45. The first-order chi connectivity index (χ1) is 15.1. The number of rotatable bonds is 3. The zero-order chi connectivity index (χ0) is 22.9. The second kappa shape index (κ2) is 6.64. The normalized spacial score (nSPS) is 20.6. The molecule has 2 aliphatic heterocycles. The molecule has 164 valence electrons. The quantitative estimate of drug-likeness (QED) is 0.402. The fraction of sp³-hybridized carbons (Fsp3) is 0.240. The first-order valence-electron chi connectivity index (χ1n) is 10.2. The third kappa shape index (κ3) is 3.05. The summed E-state index contributed by atoms with van der Waals surface area (Å²) < 4.78 is 17.8. The van der Waals surface area contributed by atoms with E-state index < -0.39 is 17.1 Å². The predicted octanol–water partition coefficient (Wildman–Crippen LogP) is 4.78. The predicted molar refractivity (Wildman–Crippen MR) is 119 cm³/mol. The van der Waals surface area contributed by atoms with Crippen molar-refractivity contribution in [2.45, 2.75) is 38.6 Å². The molecule has 2 unspecified atom stereocenters. The molecule has 1 fully saturated rings. The van der Waals surface area contributed by atoms with Gasteiger partial charge in [-0.25, -0.2) is 0 Å². The van der Waals surface area contributed by atoms with Crippen LogP contribution in [0.3, 0.4) is 0 Å². The lowest BCUT2D eigenvalue weighted by molar-refractivity contribution is 0.158. The first-order valence-corrected chi connectivity index (χ1v) is 10.2. The zero-order valence-electron chi connectivity index (χ0n) is 17.8. The van der Waals surface area contributed by atoms with E-state index in [1.165, 1.54) is 18.2 Å². The molecule has 3 heterocycles. The average molecular weight is 434 g/mol. The van der Waals surface area contributed by atoms with Crippen molar-refractivity contribution >= 4 is 17.0 Å². The Bertz CT molecular complexity index is 1390. The number of hydrogen-bond acceptors (Lipinski definition) is 7. The molecule has 0 spiro atoms. The van der Waals surface area contributed by atoms with Gasteiger partial charge >= 0.3 is 0 Å². The largest absolute Gasteiger partial charge is 0.508 e. The maximum Gasteiger partial charge on any atom is 0.203 e. The highest BCUT2D eigenvalue weighted by atomic mass is 16.6. The van der Waals surface area contributed by atoms with Crippen LogP contribution in [0.4, 0.5) is 0 Å². The van der Waals surface area contributed by atoms with Gasteiger partial charge in [-0.3, -0.25) is 4.79 Å². The number of phenolic OH excluding ortho intramolecular Hbond substituents is 3. The molecule has 0 saturated carbocycles. The van der Waals surface area contributed by atoms with Gasteiger partial charge in [-0.2, -0.15) is 0 Å². The van der Waals surface area contributed by atoms with E-state index in [1.807, 2.05) is 19.9 Å². The van der Waals surface area contributed by atoms with E-state index in [1.54, 1.807) is 13.0 Å². The molecule has 0 amide bonds. The van der Waals surface area contributed by atoms with E-state index in [0.717, 1.165) is 11.6 Å². The molecule has 1 aromatic heterocycles. The van der Waals surface area contributed by atoms with Crippen molar-refractivity contribution in [2.75, 3.05) is 0 Å². The van der Waals surface area contributed by atoms with E-state index in [4.69, 9.17) is 13.9 Å². The van der Waals surface area contributed by atoms with Crippen molar-refractivity contribution in [1.82, 2.24) is 0 Å². The molecule has 7 nitrogen and oxygen atoms in total. The summed E-state index contributed by atoms with van der Waals surface area (Å²) in [6.45, 7) is 9.42. The van der Waals surface area contributed by atoms with E-state index in [-0.39, 0.29) is 51.2 Å². The van der Waals surface area contributed by atoms with Gasteiger partial charge in [0.05, 0.1) is 16.7 Å². The van der Waals surface area contributed by atoms with Crippen LogP contribution in [0.2, 0.25) is 0 Å². The molecule has 0 aliphatic carbocycles. The SMILES string of the molecule is C=C(C)C1OC1c1c(-c2ccc(O)cc2O)oc2c3c(cc(O)c2c1=O)OC(C)(C)C=C3. The third-order valence-corrected chi connectivity index (χ3v) is 5.69. The van der Waals surface area contributed by atoms with Gasteiger partial charge in [0.2, 0.25) is 5.43 Å². The summed E-state index contributed by atoms with van der Waals surface area (Å²) in [6, 6.07) is 5.42. The molecular formula is C25H22O7. The molecule has 0 radical (unpaired) electrons. The Labute approximate surface area is 183 Å². The summed E-state index contributed by atoms with van der Waals surface area (Å²) in [5.74, 6) is -0.189. The van der Waals surface area contributed by atoms with Crippen LogP contribution in [0.15, 0.2) is 51.7 Å². The summed E-state index contributed by atoms with van der Waals surface area (Å²) in [5, 5.41) is 30.9. The highest BCUT2D eigenvalue weighted by molar-refractivity contribution is 5.95. The van der Waals surface area contributed by atoms with Crippen molar-refractivity contribution in [2.24, 2.45) is 0 Å². The highest BCUT2D eigenvalue weighted by Crippen LogP contribution is 2.49. The number of aromatic hydroxyl groups is 3. The Balaban J connectivity index is 1.86. The Morgan fingerprint density at radius 1 is 1.12 bits per heavy atom. The summed E-state index contributed by atoms with van der Waals surface area (Å²) in [6.07, 6.45) is 2.61. The number of benzene rings is 2. The maximum absolute atomic E-state index is 13.7. The van der Waals surface area contributed by atoms with Crippen molar-refractivity contribution in [3.8, 4) is 34.3 Å². The van der Waals surface area contributed by atoms with Gasteiger partial charge < -0.3 is 29.2 Å². The fourth-order valence-electron chi connectivity index (χ4n) is 4.08. The van der Waals surface area contributed by atoms with Gasteiger partial charge in [0, 0.05) is 12.1 Å². The molecule has 3 N–H and O–H groups in total. The third-order valence-electron chi connectivity index (χ3n) is 5.69. The summed E-state index contributed by atoms with van der Waals surface area (Å²) in [7, 11) is 0. The molecular weight excluding hydrogens is 412 g/mol. The van der Waals surface area contributed by atoms with Crippen LogP contribution in [0.25, 0.3) is 28.4 Å². The summed E-state index contributed by atoms with van der Waals surface area (Å²) in [5.41, 5.74) is 0.698. The lowest BCUT2D eigenvalue weighted by atomic mass is 9.96. The molecule has 32 heavy (non-hydrogen) atoms. The van der Waals surface area contributed by atoms with Crippen molar-refractivity contribution in [1.29, 1.82) is 0 Å². The minimum absolute atomic E-state index is 0.00434. The van der Waals surface area contributed by atoms with Crippen LogP contribution < -0.4 is 10.2 Å². The van der Waals surface area contributed by atoms with Crippen LogP contribution in [-0.4, -0.2) is 27.0 Å². The monoisotopic (exact) mass is 434 g/mol. The number of ether oxygens (including phenoxy) is 2. The lowest BCUT2D eigenvalue weighted by Crippen LogP contribution is -2.27. The van der Waals surface area contributed by atoms with Gasteiger partial charge in [-0.1, -0.05) is 6.58 Å². The standard InChI is InChI=1S/C25H22O7/c1-11(2)21-24(30-21)19-20(29)18-16(28)10-17-14(7-8-25(3,4)32-17)23(18)31-22(19)13-6-5-12(26)9-15(13)27/h5-10,21,24,26-28H,1H2,2-4H3. The zero-order valence-corrected chi connectivity index (χ0v) is 17.8. The number of phenols is 3. The maximum atomic E-state index is 13.7.